The van der Waals surface area contributed by atoms with Gasteiger partial charge in [0.1, 0.15) is 5.75 Å². The van der Waals surface area contributed by atoms with Gasteiger partial charge in [0, 0.05) is 5.56 Å². The Bertz CT molecular complexity index is 622. The molecule has 0 radical (unpaired) electrons. The monoisotopic (exact) mass is 236 g/mol. The number of benzene rings is 2. The predicted octanol–water partition coefficient (Wildman–Crippen LogP) is 3.72. The van der Waals surface area contributed by atoms with Crippen molar-refractivity contribution in [2.24, 2.45) is 0 Å². The molecule has 0 fully saturated rings. The highest BCUT2D eigenvalue weighted by atomic mass is 16.3. The van der Waals surface area contributed by atoms with Gasteiger partial charge in [-0.25, -0.2) is 0 Å². The number of aromatic hydroxyl groups is 1. The molecule has 1 heteroatoms. The van der Waals surface area contributed by atoms with Crippen LogP contribution in [0.25, 0.3) is 0 Å². The number of hydrogen-bond donors (Lipinski definition) is 1. The summed E-state index contributed by atoms with van der Waals surface area (Å²) in [7, 11) is 0. The lowest BCUT2D eigenvalue weighted by atomic mass is 10.0. The average Bonchev–Trinajstić information content (AvgIpc) is 2.33. The summed E-state index contributed by atoms with van der Waals surface area (Å²) in [4.78, 5) is 0. The number of hydrogen-bond acceptors (Lipinski definition) is 1. The highest BCUT2D eigenvalue weighted by Gasteiger charge is 2.01. The lowest BCUT2D eigenvalue weighted by Gasteiger charge is -2.02. The first-order valence-corrected chi connectivity index (χ1v) is 5.96. The van der Waals surface area contributed by atoms with E-state index in [1.165, 1.54) is 0 Å². The van der Waals surface area contributed by atoms with Crippen LogP contribution in [0.1, 0.15) is 27.8 Å². The molecule has 0 unspecified atom stereocenters. The van der Waals surface area contributed by atoms with Gasteiger partial charge in [0.25, 0.3) is 0 Å². The molecule has 0 saturated carbocycles. The van der Waals surface area contributed by atoms with Crippen LogP contribution in [0.5, 0.6) is 5.75 Å². The van der Waals surface area contributed by atoms with Crippen LogP contribution in [-0.2, 0) is 0 Å². The van der Waals surface area contributed by atoms with Crippen molar-refractivity contribution in [2.75, 3.05) is 0 Å². The molecule has 0 spiro atoms. The van der Waals surface area contributed by atoms with E-state index < -0.39 is 0 Å². The first kappa shape index (κ1) is 12.3. The summed E-state index contributed by atoms with van der Waals surface area (Å²) in [6.45, 7) is 5.97. The van der Waals surface area contributed by atoms with Gasteiger partial charge in [-0.3, -0.25) is 0 Å². The molecular weight excluding hydrogens is 220 g/mol. The number of para-hydroxylation sites is 1. The Balaban J connectivity index is 2.47. The van der Waals surface area contributed by atoms with Crippen LogP contribution in [0.4, 0.5) is 0 Å². The third-order valence-corrected chi connectivity index (χ3v) is 3.04. The van der Waals surface area contributed by atoms with Crippen LogP contribution < -0.4 is 0 Å². The van der Waals surface area contributed by atoms with Crippen LogP contribution in [0.2, 0.25) is 0 Å². The first-order chi connectivity index (χ1) is 8.59. The molecule has 2 aromatic carbocycles. The van der Waals surface area contributed by atoms with Gasteiger partial charge in [-0.2, -0.15) is 0 Å². The molecule has 0 aliphatic rings. The van der Waals surface area contributed by atoms with Crippen molar-refractivity contribution >= 4 is 0 Å². The predicted molar refractivity (Wildman–Crippen MR) is 74.7 cm³/mol. The number of phenols is 1. The lowest BCUT2D eigenvalue weighted by molar-refractivity contribution is 0.469. The molecule has 0 heterocycles. The molecule has 0 aromatic heterocycles. The number of aryl methyl sites for hydroxylation is 3. The first-order valence-electron chi connectivity index (χ1n) is 5.96. The van der Waals surface area contributed by atoms with E-state index in [2.05, 4.69) is 11.8 Å². The largest absolute Gasteiger partial charge is 0.506 e. The second-order valence-corrected chi connectivity index (χ2v) is 4.49. The average molecular weight is 236 g/mol. The SMILES string of the molecule is Cc1cccc(C#Cc2c(C)cccc2C)c1O. The van der Waals surface area contributed by atoms with Crippen LogP contribution in [0.15, 0.2) is 36.4 Å². The minimum atomic E-state index is 0.274. The lowest BCUT2D eigenvalue weighted by Crippen LogP contribution is -1.87. The maximum Gasteiger partial charge on any atom is 0.134 e. The maximum absolute atomic E-state index is 9.91. The topological polar surface area (TPSA) is 20.2 Å². The van der Waals surface area contributed by atoms with Gasteiger partial charge in [-0.15, -0.1) is 0 Å². The molecule has 1 nitrogen and oxygen atoms in total. The smallest absolute Gasteiger partial charge is 0.134 e. The summed E-state index contributed by atoms with van der Waals surface area (Å²) in [6, 6.07) is 11.7. The summed E-state index contributed by atoms with van der Waals surface area (Å²) in [5.74, 6) is 6.48. The van der Waals surface area contributed by atoms with Crippen molar-refractivity contribution in [2.45, 2.75) is 20.8 Å². The Morgan fingerprint density at radius 2 is 1.33 bits per heavy atom. The molecule has 2 aromatic rings. The molecule has 1 N–H and O–H groups in total. The summed E-state index contributed by atoms with van der Waals surface area (Å²) >= 11 is 0. The maximum atomic E-state index is 9.91. The van der Waals surface area contributed by atoms with E-state index in [9.17, 15) is 5.11 Å². The zero-order chi connectivity index (χ0) is 13.1. The van der Waals surface area contributed by atoms with Crippen molar-refractivity contribution in [3.05, 3.63) is 64.2 Å². The van der Waals surface area contributed by atoms with Gasteiger partial charge in [0.05, 0.1) is 5.56 Å². The van der Waals surface area contributed by atoms with Crippen LogP contribution in [0, 0.1) is 32.6 Å². The van der Waals surface area contributed by atoms with Crippen LogP contribution >= 0.6 is 0 Å². The van der Waals surface area contributed by atoms with Crippen molar-refractivity contribution in [3.8, 4) is 17.6 Å². The summed E-state index contributed by atoms with van der Waals surface area (Å²) in [5, 5.41) is 9.91. The Morgan fingerprint density at radius 1 is 0.778 bits per heavy atom. The fourth-order valence-electron chi connectivity index (χ4n) is 1.90. The van der Waals surface area contributed by atoms with E-state index in [0.717, 1.165) is 22.3 Å². The summed E-state index contributed by atoms with van der Waals surface area (Å²) in [5.41, 5.74) is 4.89. The molecule has 18 heavy (non-hydrogen) atoms. The van der Waals surface area contributed by atoms with Crippen molar-refractivity contribution in [1.82, 2.24) is 0 Å². The molecule has 0 aliphatic carbocycles. The molecule has 0 atom stereocenters. The van der Waals surface area contributed by atoms with E-state index in [1.54, 1.807) is 0 Å². The molecule has 90 valence electrons. The standard InChI is InChI=1S/C17H16O/c1-12-6-4-7-13(2)16(12)11-10-15-9-5-8-14(3)17(15)18/h4-9,18H,1-3H3. The number of phenolic OH excluding ortho intramolecular Hbond substituents is 1. The minimum Gasteiger partial charge on any atom is -0.506 e. The highest BCUT2D eigenvalue weighted by molar-refractivity contribution is 5.54. The minimum absolute atomic E-state index is 0.274. The summed E-state index contributed by atoms with van der Waals surface area (Å²) in [6.07, 6.45) is 0. The van der Waals surface area contributed by atoms with Gasteiger partial charge in [-0.05, 0) is 43.5 Å². The van der Waals surface area contributed by atoms with Crippen molar-refractivity contribution in [3.63, 3.8) is 0 Å². The van der Waals surface area contributed by atoms with Gasteiger partial charge < -0.3 is 5.11 Å². The normalized spacial score (nSPS) is 9.72. The van der Waals surface area contributed by atoms with E-state index in [1.807, 2.05) is 57.2 Å². The summed E-state index contributed by atoms with van der Waals surface area (Å²) < 4.78 is 0. The molecule has 0 bridgehead atoms. The molecule has 0 saturated heterocycles. The van der Waals surface area contributed by atoms with Gasteiger partial charge in [-0.1, -0.05) is 42.2 Å². The second-order valence-electron chi connectivity index (χ2n) is 4.49. The van der Waals surface area contributed by atoms with E-state index in [0.29, 0.717) is 5.56 Å². The third kappa shape index (κ3) is 2.38. The zero-order valence-corrected chi connectivity index (χ0v) is 10.9. The van der Waals surface area contributed by atoms with E-state index in [4.69, 9.17) is 0 Å². The molecular formula is C17H16O. The fourth-order valence-corrected chi connectivity index (χ4v) is 1.90. The Morgan fingerprint density at radius 3 is 2.00 bits per heavy atom. The highest BCUT2D eigenvalue weighted by Crippen LogP contribution is 2.20. The van der Waals surface area contributed by atoms with E-state index >= 15 is 0 Å². The Labute approximate surface area is 108 Å². The fraction of sp³-hybridized carbons (Fsp3) is 0.176. The van der Waals surface area contributed by atoms with Crippen LogP contribution in [0.3, 0.4) is 0 Å². The van der Waals surface area contributed by atoms with Crippen LogP contribution in [-0.4, -0.2) is 5.11 Å². The quantitative estimate of drug-likeness (QED) is 0.691. The third-order valence-electron chi connectivity index (χ3n) is 3.04. The second kappa shape index (κ2) is 4.98. The van der Waals surface area contributed by atoms with Gasteiger partial charge >= 0.3 is 0 Å². The zero-order valence-electron chi connectivity index (χ0n) is 10.9. The number of rotatable bonds is 0. The molecule has 0 amide bonds. The Kier molecular flexibility index (Phi) is 3.39. The van der Waals surface area contributed by atoms with Gasteiger partial charge in [0.15, 0.2) is 0 Å². The Hall–Kier alpha value is -2.20. The molecule has 2 rings (SSSR count). The van der Waals surface area contributed by atoms with Crippen molar-refractivity contribution < 1.29 is 5.11 Å². The van der Waals surface area contributed by atoms with Crippen molar-refractivity contribution in [1.29, 1.82) is 0 Å². The molecule has 0 aliphatic heterocycles. The van der Waals surface area contributed by atoms with Gasteiger partial charge in [0.2, 0.25) is 0 Å². The van der Waals surface area contributed by atoms with E-state index in [-0.39, 0.29) is 5.75 Å².